The third kappa shape index (κ3) is 5.56. The number of carbonyl (C=O) groups is 2. The van der Waals surface area contributed by atoms with E-state index >= 15 is 0 Å². The molecule has 1 unspecified atom stereocenters. The van der Waals surface area contributed by atoms with Gasteiger partial charge in [-0.3, -0.25) is 14.3 Å². The Hall–Kier alpha value is -2.38. The molecule has 1 fully saturated rings. The summed E-state index contributed by atoms with van der Waals surface area (Å²) < 4.78 is 1.67. The predicted molar refractivity (Wildman–Crippen MR) is 111 cm³/mol. The van der Waals surface area contributed by atoms with Gasteiger partial charge in [-0.25, -0.2) is 0 Å². The van der Waals surface area contributed by atoms with E-state index in [1.807, 2.05) is 42.4 Å². The van der Waals surface area contributed by atoms with Crippen molar-refractivity contribution in [2.75, 3.05) is 25.5 Å². The molecule has 2 aromatic rings. The van der Waals surface area contributed by atoms with Crippen molar-refractivity contribution in [1.29, 1.82) is 0 Å². The summed E-state index contributed by atoms with van der Waals surface area (Å²) in [6.07, 6.45) is 7.00. The smallest absolute Gasteiger partial charge is 0.246 e. The van der Waals surface area contributed by atoms with Crippen molar-refractivity contribution in [2.45, 2.75) is 31.7 Å². The van der Waals surface area contributed by atoms with Crippen LogP contribution in [0.1, 0.15) is 36.4 Å². The molecule has 0 radical (unpaired) electrons. The molecule has 2 heterocycles. The normalized spacial score (nSPS) is 14.4. The average Bonchev–Trinajstić information content (AvgIpc) is 3.34. The minimum atomic E-state index is -0.462. The number of benzene rings is 1. The van der Waals surface area contributed by atoms with Crippen LogP contribution in [0.5, 0.6) is 0 Å². The van der Waals surface area contributed by atoms with Crippen LogP contribution < -0.4 is 10.6 Å². The minimum Gasteiger partial charge on any atom is -0.343 e. The van der Waals surface area contributed by atoms with Crippen LogP contribution in [0.3, 0.4) is 0 Å². The average molecular weight is 406 g/mol. The molecule has 7 nitrogen and oxygen atoms in total. The number of aromatic nitrogens is 2. The third-order valence-electron chi connectivity index (χ3n) is 4.92. The van der Waals surface area contributed by atoms with Gasteiger partial charge in [0, 0.05) is 44.0 Å². The van der Waals surface area contributed by atoms with Crippen molar-refractivity contribution in [3.8, 4) is 0 Å². The zero-order chi connectivity index (χ0) is 19.2. The molecule has 2 N–H and O–H groups in total. The maximum Gasteiger partial charge on any atom is 0.246 e. The van der Waals surface area contributed by atoms with Gasteiger partial charge in [-0.1, -0.05) is 12.1 Å². The SMILES string of the molecule is CNC(C(=O)Nc1ccc(CCC(=O)N2CCCC2)cc1)c1cnn(C)c1.Cl. The summed E-state index contributed by atoms with van der Waals surface area (Å²) in [5, 5.41) is 10.1. The molecule has 1 aliphatic heterocycles. The first-order valence-corrected chi connectivity index (χ1v) is 9.40. The lowest BCUT2D eigenvalue weighted by Gasteiger charge is -2.16. The van der Waals surface area contributed by atoms with Gasteiger partial charge >= 0.3 is 0 Å². The monoisotopic (exact) mass is 405 g/mol. The molecule has 1 atom stereocenters. The van der Waals surface area contributed by atoms with E-state index in [0.29, 0.717) is 6.42 Å². The third-order valence-corrected chi connectivity index (χ3v) is 4.92. The largest absolute Gasteiger partial charge is 0.343 e. The summed E-state index contributed by atoms with van der Waals surface area (Å²) in [5.74, 6) is 0.0978. The lowest BCUT2D eigenvalue weighted by atomic mass is 10.1. The number of nitrogens with one attached hydrogen (secondary N) is 2. The zero-order valence-electron chi connectivity index (χ0n) is 16.4. The number of likely N-dealkylation sites (N-methyl/N-ethyl adjacent to an activating group) is 1. The van der Waals surface area contributed by atoms with E-state index < -0.39 is 6.04 Å². The highest BCUT2D eigenvalue weighted by atomic mass is 35.5. The summed E-state index contributed by atoms with van der Waals surface area (Å²) in [6, 6.07) is 7.22. The molecular formula is C20H28ClN5O2. The lowest BCUT2D eigenvalue weighted by molar-refractivity contribution is -0.130. The summed E-state index contributed by atoms with van der Waals surface area (Å²) in [7, 11) is 3.57. The van der Waals surface area contributed by atoms with Crippen molar-refractivity contribution < 1.29 is 9.59 Å². The van der Waals surface area contributed by atoms with Gasteiger partial charge in [0.25, 0.3) is 0 Å². The van der Waals surface area contributed by atoms with Crippen LogP contribution in [0.25, 0.3) is 0 Å². The molecule has 2 amide bonds. The van der Waals surface area contributed by atoms with E-state index in [2.05, 4.69) is 15.7 Å². The Morgan fingerprint density at radius 3 is 2.43 bits per heavy atom. The fourth-order valence-corrected chi connectivity index (χ4v) is 3.38. The Labute approximate surface area is 171 Å². The highest BCUT2D eigenvalue weighted by molar-refractivity contribution is 5.95. The van der Waals surface area contributed by atoms with Gasteiger partial charge < -0.3 is 15.5 Å². The van der Waals surface area contributed by atoms with Gasteiger partial charge in [0.2, 0.25) is 11.8 Å². The van der Waals surface area contributed by atoms with E-state index in [-0.39, 0.29) is 24.2 Å². The molecule has 1 aromatic heterocycles. The van der Waals surface area contributed by atoms with E-state index in [9.17, 15) is 9.59 Å². The summed E-state index contributed by atoms with van der Waals surface area (Å²) in [5.41, 5.74) is 2.64. The van der Waals surface area contributed by atoms with Crippen molar-refractivity contribution >= 4 is 29.9 Å². The number of hydrogen-bond acceptors (Lipinski definition) is 4. The molecule has 1 aromatic carbocycles. The van der Waals surface area contributed by atoms with E-state index in [0.717, 1.165) is 49.2 Å². The van der Waals surface area contributed by atoms with Gasteiger partial charge in [0.05, 0.1) is 6.20 Å². The number of halogens is 1. The summed E-state index contributed by atoms with van der Waals surface area (Å²) >= 11 is 0. The number of hydrogen-bond donors (Lipinski definition) is 2. The molecule has 0 bridgehead atoms. The van der Waals surface area contributed by atoms with Gasteiger partial charge in [-0.2, -0.15) is 5.10 Å². The number of rotatable bonds is 7. The Kier molecular flexibility index (Phi) is 8.02. The van der Waals surface area contributed by atoms with E-state index in [1.165, 1.54) is 0 Å². The second-order valence-corrected chi connectivity index (χ2v) is 6.94. The van der Waals surface area contributed by atoms with Gasteiger partial charge in [-0.05, 0) is 44.0 Å². The Morgan fingerprint density at radius 1 is 1.18 bits per heavy atom. The predicted octanol–water partition coefficient (Wildman–Crippen LogP) is 2.30. The molecule has 3 rings (SSSR count). The second-order valence-electron chi connectivity index (χ2n) is 6.94. The Morgan fingerprint density at radius 2 is 1.86 bits per heavy atom. The van der Waals surface area contributed by atoms with Gasteiger partial charge in [0.15, 0.2) is 0 Å². The molecule has 152 valence electrons. The van der Waals surface area contributed by atoms with Crippen LogP contribution in [-0.2, 0) is 23.1 Å². The van der Waals surface area contributed by atoms with Gasteiger partial charge in [0.1, 0.15) is 6.04 Å². The van der Waals surface area contributed by atoms with Crippen LogP contribution in [0.4, 0.5) is 5.69 Å². The topological polar surface area (TPSA) is 79.3 Å². The van der Waals surface area contributed by atoms with E-state index in [1.54, 1.807) is 17.9 Å². The number of nitrogens with zero attached hydrogens (tertiary/aromatic N) is 3. The quantitative estimate of drug-likeness (QED) is 0.740. The molecule has 1 aliphatic rings. The van der Waals surface area contributed by atoms with Crippen LogP contribution in [0.15, 0.2) is 36.7 Å². The van der Waals surface area contributed by atoms with Crippen LogP contribution in [0.2, 0.25) is 0 Å². The molecule has 8 heteroatoms. The van der Waals surface area contributed by atoms with Crippen LogP contribution in [-0.4, -0.2) is 46.6 Å². The highest BCUT2D eigenvalue weighted by Gasteiger charge is 2.20. The molecule has 28 heavy (non-hydrogen) atoms. The number of anilines is 1. The standard InChI is InChI=1S/C20H27N5O2.ClH/c1-21-19(16-13-22-24(2)14-16)20(27)23-17-8-5-15(6-9-17)7-10-18(26)25-11-3-4-12-25;/h5-6,8-9,13-14,19,21H,3-4,7,10-12H2,1-2H3,(H,23,27);1H. The van der Waals surface area contributed by atoms with Crippen LogP contribution in [0, 0.1) is 0 Å². The molecule has 0 aliphatic carbocycles. The molecule has 1 saturated heterocycles. The number of aryl methyl sites for hydroxylation is 2. The minimum absolute atomic E-state index is 0. The molecular weight excluding hydrogens is 378 g/mol. The van der Waals surface area contributed by atoms with Crippen molar-refractivity contribution in [3.63, 3.8) is 0 Å². The lowest BCUT2D eigenvalue weighted by Crippen LogP contribution is -2.30. The van der Waals surface area contributed by atoms with E-state index in [4.69, 9.17) is 0 Å². The summed E-state index contributed by atoms with van der Waals surface area (Å²) in [6.45, 7) is 1.79. The number of amides is 2. The summed E-state index contributed by atoms with van der Waals surface area (Å²) in [4.78, 5) is 26.6. The van der Waals surface area contributed by atoms with Gasteiger partial charge in [-0.15, -0.1) is 12.4 Å². The number of carbonyl (C=O) groups excluding carboxylic acids is 2. The van der Waals surface area contributed by atoms with Crippen LogP contribution >= 0.6 is 12.4 Å². The highest BCUT2D eigenvalue weighted by Crippen LogP contribution is 2.17. The maximum absolute atomic E-state index is 12.5. The first-order chi connectivity index (χ1) is 13.1. The molecule has 0 saturated carbocycles. The second kappa shape index (κ2) is 10.2. The fourth-order valence-electron chi connectivity index (χ4n) is 3.38. The van der Waals surface area contributed by atoms with Crippen molar-refractivity contribution in [1.82, 2.24) is 20.0 Å². The fraction of sp³-hybridized carbons (Fsp3) is 0.450. The first kappa shape index (κ1) is 21.9. The Balaban J connectivity index is 0.00000280. The zero-order valence-corrected chi connectivity index (χ0v) is 17.2. The van der Waals surface area contributed by atoms with Crippen molar-refractivity contribution in [2.24, 2.45) is 7.05 Å². The molecule has 0 spiro atoms. The van der Waals surface area contributed by atoms with Crippen molar-refractivity contribution in [3.05, 3.63) is 47.8 Å². The Bertz CT molecular complexity index is 784. The first-order valence-electron chi connectivity index (χ1n) is 9.40. The number of likely N-dealkylation sites (tertiary alicyclic amines) is 1. The maximum atomic E-state index is 12.5.